The first-order valence-electron chi connectivity index (χ1n) is 6.61. The quantitative estimate of drug-likeness (QED) is 0.774. The number of H-pyrrole nitrogens is 1. The van der Waals surface area contributed by atoms with Crippen LogP contribution in [0.25, 0.3) is 11.3 Å². The van der Waals surface area contributed by atoms with Crippen molar-refractivity contribution in [3.05, 3.63) is 71.9 Å². The van der Waals surface area contributed by atoms with Gasteiger partial charge in [0.05, 0.1) is 11.4 Å². The van der Waals surface area contributed by atoms with Crippen LogP contribution in [0.5, 0.6) is 5.75 Å². The van der Waals surface area contributed by atoms with E-state index in [1.54, 1.807) is 0 Å². The number of para-hydroxylation sites is 1. The Kier molecular flexibility index (Phi) is 3.50. The van der Waals surface area contributed by atoms with Gasteiger partial charge in [0.15, 0.2) is 0 Å². The summed E-state index contributed by atoms with van der Waals surface area (Å²) in [5.41, 5.74) is 4.14. The molecule has 0 atom stereocenters. The molecule has 0 aliphatic rings. The van der Waals surface area contributed by atoms with E-state index in [4.69, 9.17) is 4.74 Å². The van der Waals surface area contributed by atoms with Crippen LogP contribution >= 0.6 is 0 Å². The average molecular weight is 264 g/mol. The van der Waals surface area contributed by atoms with Crippen LogP contribution in [0.4, 0.5) is 0 Å². The topological polar surface area (TPSA) is 37.9 Å². The highest BCUT2D eigenvalue weighted by Crippen LogP contribution is 2.20. The van der Waals surface area contributed by atoms with Crippen molar-refractivity contribution in [2.45, 2.75) is 13.5 Å². The lowest BCUT2D eigenvalue weighted by atomic mass is 10.1. The van der Waals surface area contributed by atoms with Crippen molar-refractivity contribution in [3.63, 3.8) is 0 Å². The SMILES string of the molecule is Cc1ccccc1OCc1cc(-c2ccccc2)n[nH]1. The van der Waals surface area contributed by atoms with Gasteiger partial charge in [0.1, 0.15) is 12.4 Å². The highest BCUT2D eigenvalue weighted by atomic mass is 16.5. The standard InChI is InChI=1S/C17H16N2O/c1-13-7-5-6-10-17(13)20-12-15-11-16(19-18-15)14-8-3-2-4-9-14/h2-11H,12H2,1H3,(H,18,19). The molecule has 0 amide bonds. The molecule has 0 bridgehead atoms. The molecule has 0 saturated carbocycles. The molecule has 2 aromatic carbocycles. The molecule has 3 rings (SSSR count). The van der Waals surface area contributed by atoms with Crippen molar-refractivity contribution in [3.8, 4) is 17.0 Å². The Bertz CT molecular complexity index is 689. The highest BCUT2D eigenvalue weighted by Gasteiger charge is 2.04. The van der Waals surface area contributed by atoms with Crippen LogP contribution in [-0.2, 0) is 6.61 Å². The number of nitrogens with zero attached hydrogens (tertiary/aromatic N) is 1. The number of aromatic amines is 1. The van der Waals surface area contributed by atoms with Crippen molar-refractivity contribution in [1.29, 1.82) is 0 Å². The Labute approximate surface area is 118 Å². The molecule has 3 aromatic rings. The van der Waals surface area contributed by atoms with Crippen molar-refractivity contribution < 1.29 is 4.74 Å². The number of hydrogen-bond donors (Lipinski definition) is 1. The van der Waals surface area contributed by atoms with Gasteiger partial charge < -0.3 is 4.74 Å². The zero-order valence-electron chi connectivity index (χ0n) is 11.3. The van der Waals surface area contributed by atoms with Crippen molar-refractivity contribution in [1.82, 2.24) is 10.2 Å². The second-order valence-electron chi connectivity index (χ2n) is 4.70. The number of hydrogen-bond acceptors (Lipinski definition) is 2. The molecule has 1 aromatic heterocycles. The maximum absolute atomic E-state index is 5.80. The van der Waals surface area contributed by atoms with Gasteiger partial charge in [-0.2, -0.15) is 5.10 Å². The fourth-order valence-electron chi connectivity index (χ4n) is 2.07. The third kappa shape index (κ3) is 2.72. The molecule has 0 fully saturated rings. The second-order valence-corrected chi connectivity index (χ2v) is 4.70. The highest BCUT2D eigenvalue weighted by molar-refractivity contribution is 5.58. The Morgan fingerprint density at radius 2 is 1.75 bits per heavy atom. The summed E-state index contributed by atoms with van der Waals surface area (Å²) in [6.45, 7) is 2.53. The van der Waals surface area contributed by atoms with Gasteiger partial charge in [0.2, 0.25) is 0 Å². The minimum absolute atomic E-state index is 0.491. The predicted octanol–water partition coefficient (Wildman–Crippen LogP) is 3.96. The summed E-state index contributed by atoms with van der Waals surface area (Å²) in [7, 11) is 0. The van der Waals surface area contributed by atoms with Crippen LogP contribution in [0.1, 0.15) is 11.3 Å². The fraction of sp³-hybridized carbons (Fsp3) is 0.118. The summed E-state index contributed by atoms with van der Waals surface area (Å²) >= 11 is 0. The van der Waals surface area contributed by atoms with E-state index in [1.807, 2.05) is 67.6 Å². The van der Waals surface area contributed by atoms with E-state index >= 15 is 0 Å². The van der Waals surface area contributed by atoms with Crippen LogP contribution < -0.4 is 4.74 Å². The monoisotopic (exact) mass is 264 g/mol. The molecule has 0 radical (unpaired) electrons. The first-order chi connectivity index (χ1) is 9.83. The molecule has 100 valence electrons. The van der Waals surface area contributed by atoms with Crippen LogP contribution in [0.15, 0.2) is 60.7 Å². The minimum atomic E-state index is 0.491. The van der Waals surface area contributed by atoms with Crippen LogP contribution in [0, 0.1) is 6.92 Å². The number of benzene rings is 2. The maximum Gasteiger partial charge on any atom is 0.130 e. The summed E-state index contributed by atoms with van der Waals surface area (Å²) in [4.78, 5) is 0. The lowest BCUT2D eigenvalue weighted by molar-refractivity contribution is 0.299. The number of rotatable bonds is 4. The summed E-state index contributed by atoms with van der Waals surface area (Å²) < 4.78 is 5.80. The second kappa shape index (κ2) is 5.61. The molecule has 0 aliphatic heterocycles. The molecule has 0 unspecified atom stereocenters. The van der Waals surface area contributed by atoms with Gasteiger partial charge in [-0.3, -0.25) is 5.10 Å². The van der Waals surface area contributed by atoms with Crippen LogP contribution in [0.2, 0.25) is 0 Å². The van der Waals surface area contributed by atoms with E-state index < -0.39 is 0 Å². The van der Waals surface area contributed by atoms with Gasteiger partial charge in [0, 0.05) is 5.56 Å². The van der Waals surface area contributed by atoms with Crippen LogP contribution in [-0.4, -0.2) is 10.2 Å². The third-order valence-corrected chi connectivity index (χ3v) is 3.18. The molecule has 20 heavy (non-hydrogen) atoms. The zero-order chi connectivity index (χ0) is 13.8. The van der Waals surface area contributed by atoms with Crippen molar-refractivity contribution >= 4 is 0 Å². The number of aryl methyl sites for hydroxylation is 1. The summed E-state index contributed by atoms with van der Waals surface area (Å²) in [5, 5.41) is 7.34. The Hall–Kier alpha value is -2.55. The normalized spacial score (nSPS) is 10.4. The number of nitrogens with one attached hydrogen (secondary N) is 1. The van der Waals surface area contributed by atoms with Gasteiger partial charge in [0.25, 0.3) is 0 Å². The molecule has 3 nitrogen and oxygen atoms in total. The molecule has 0 aliphatic carbocycles. The fourth-order valence-corrected chi connectivity index (χ4v) is 2.07. The predicted molar refractivity (Wildman–Crippen MR) is 79.5 cm³/mol. The maximum atomic E-state index is 5.80. The molecule has 1 heterocycles. The zero-order valence-corrected chi connectivity index (χ0v) is 11.3. The summed E-state index contributed by atoms with van der Waals surface area (Å²) in [5.74, 6) is 0.906. The van der Waals surface area contributed by atoms with Crippen LogP contribution in [0.3, 0.4) is 0 Å². The molecule has 0 saturated heterocycles. The molecule has 0 spiro atoms. The lowest BCUT2D eigenvalue weighted by Crippen LogP contribution is -1.97. The van der Waals surface area contributed by atoms with Gasteiger partial charge in [-0.25, -0.2) is 0 Å². The van der Waals surface area contributed by atoms with Gasteiger partial charge in [-0.15, -0.1) is 0 Å². The van der Waals surface area contributed by atoms with E-state index in [9.17, 15) is 0 Å². The Balaban J connectivity index is 1.71. The van der Waals surface area contributed by atoms with Gasteiger partial charge >= 0.3 is 0 Å². The largest absolute Gasteiger partial charge is 0.487 e. The van der Waals surface area contributed by atoms with E-state index in [1.165, 1.54) is 0 Å². The molecular formula is C17H16N2O. The van der Waals surface area contributed by atoms with Crippen molar-refractivity contribution in [2.75, 3.05) is 0 Å². The first-order valence-corrected chi connectivity index (χ1v) is 6.61. The third-order valence-electron chi connectivity index (χ3n) is 3.18. The lowest BCUT2D eigenvalue weighted by Gasteiger charge is -2.06. The first kappa shape index (κ1) is 12.5. The van der Waals surface area contributed by atoms with Gasteiger partial charge in [-0.05, 0) is 24.6 Å². The summed E-state index contributed by atoms with van der Waals surface area (Å²) in [6, 6.07) is 20.1. The Morgan fingerprint density at radius 3 is 2.55 bits per heavy atom. The number of aromatic nitrogens is 2. The average Bonchev–Trinajstić information content (AvgIpc) is 2.96. The van der Waals surface area contributed by atoms with Crippen molar-refractivity contribution in [2.24, 2.45) is 0 Å². The Morgan fingerprint density at radius 1 is 1.00 bits per heavy atom. The van der Waals surface area contributed by atoms with E-state index in [2.05, 4.69) is 10.2 Å². The van der Waals surface area contributed by atoms with Gasteiger partial charge in [-0.1, -0.05) is 48.5 Å². The van der Waals surface area contributed by atoms with E-state index in [0.29, 0.717) is 6.61 Å². The number of ether oxygens (including phenoxy) is 1. The molecule has 1 N–H and O–H groups in total. The smallest absolute Gasteiger partial charge is 0.130 e. The minimum Gasteiger partial charge on any atom is -0.487 e. The van der Waals surface area contributed by atoms with E-state index in [-0.39, 0.29) is 0 Å². The molecular weight excluding hydrogens is 248 g/mol. The molecule has 3 heteroatoms. The summed E-state index contributed by atoms with van der Waals surface area (Å²) in [6.07, 6.45) is 0. The van der Waals surface area contributed by atoms with E-state index in [0.717, 1.165) is 28.3 Å².